The van der Waals surface area contributed by atoms with E-state index in [0.29, 0.717) is 18.1 Å². The number of anilines is 1. The van der Waals surface area contributed by atoms with Crippen molar-refractivity contribution in [1.82, 2.24) is 9.55 Å². The molecule has 0 radical (unpaired) electrons. The van der Waals surface area contributed by atoms with Gasteiger partial charge in [-0.15, -0.1) is 0 Å². The van der Waals surface area contributed by atoms with Crippen molar-refractivity contribution < 1.29 is 14.3 Å². The van der Waals surface area contributed by atoms with E-state index in [-0.39, 0.29) is 18.1 Å². The van der Waals surface area contributed by atoms with E-state index in [1.807, 2.05) is 69.3 Å². The minimum absolute atomic E-state index is 0.210. The monoisotopic (exact) mass is 419 g/mol. The Morgan fingerprint density at radius 2 is 2.00 bits per heavy atom. The molecule has 0 spiro atoms. The Bertz CT molecular complexity index is 1130. The van der Waals surface area contributed by atoms with Crippen molar-refractivity contribution in [2.75, 3.05) is 11.9 Å². The molecular formula is C25H29N3O3. The molecule has 0 fully saturated rings. The van der Waals surface area contributed by atoms with E-state index in [9.17, 15) is 4.79 Å². The number of carbonyl (C=O) groups excluding carboxylic acids is 1. The van der Waals surface area contributed by atoms with Crippen LogP contribution in [0.4, 0.5) is 5.95 Å². The van der Waals surface area contributed by atoms with Crippen molar-refractivity contribution >= 4 is 23.0 Å². The maximum Gasteiger partial charge on any atom is 0.338 e. The summed E-state index contributed by atoms with van der Waals surface area (Å²) in [6, 6.07) is 15.5. The van der Waals surface area contributed by atoms with Gasteiger partial charge in [0.05, 0.1) is 35.4 Å². The van der Waals surface area contributed by atoms with Crippen LogP contribution in [0.2, 0.25) is 0 Å². The highest BCUT2D eigenvalue weighted by Crippen LogP contribution is 2.40. The summed E-state index contributed by atoms with van der Waals surface area (Å²) >= 11 is 0. The largest absolute Gasteiger partial charge is 0.494 e. The molecule has 0 aliphatic carbocycles. The highest BCUT2D eigenvalue weighted by Gasteiger charge is 2.35. The van der Waals surface area contributed by atoms with Crippen molar-refractivity contribution in [2.24, 2.45) is 0 Å². The van der Waals surface area contributed by atoms with Gasteiger partial charge in [-0.3, -0.25) is 4.57 Å². The van der Waals surface area contributed by atoms with Crippen LogP contribution in [0.5, 0.6) is 5.75 Å². The van der Waals surface area contributed by atoms with Crippen LogP contribution in [0.25, 0.3) is 11.0 Å². The fourth-order valence-corrected chi connectivity index (χ4v) is 3.93. The number of nitrogens with zero attached hydrogens (tertiary/aromatic N) is 2. The lowest BCUT2D eigenvalue weighted by Gasteiger charge is -2.30. The molecule has 1 atom stereocenters. The Morgan fingerprint density at radius 1 is 1.19 bits per heavy atom. The molecule has 6 heteroatoms. The Morgan fingerprint density at radius 3 is 2.77 bits per heavy atom. The van der Waals surface area contributed by atoms with Crippen LogP contribution in [-0.4, -0.2) is 28.2 Å². The predicted molar refractivity (Wildman–Crippen MR) is 122 cm³/mol. The topological polar surface area (TPSA) is 65.4 Å². The number of rotatable bonds is 7. The molecule has 3 aromatic rings. The van der Waals surface area contributed by atoms with Crippen molar-refractivity contribution in [3.63, 3.8) is 0 Å². The third kappa shape index (κ3) is 4.15. The molecule has 1 N–H and O–H groups in total. The highest BCUT2D eigenvalue weighted by atomic mass is 16.5. The number of nitrogens with one attached hydrogen (secondary N) is 1. The maximum absolute atomic E-state index is 13.2. The van der Waals surface area contributed by atoms with Crippen LogP contribution in [0, 0.1) is 0 Å². The normalized spacial score (nSPS) is 15.7. The van der Waals surface area contributed by atoms with Gasteiger partial charge in [-0.1, -0.05) is 37.6 Å². The first-order valence-corrected chi connectivity index (χ1v) is 10.9. The zero-order chi connectivity index (χ0) is 22.0. The molecule has 2 aromatic carbocycles. The molecule has 1 aliphatic rings. The van der Waals surface area contributed by atoms with Gasteiger partial charge in [0.2, 0.25) is 5.95 Å². The van der Waals surface area contributed by atoms with Crippen molar-refractivity contribution in [3.05, 3.63) is 65.4 Å². The van der Waals surface area contributed by atoms with E-state index in [1.54, 1.807) is 0 Å². The van der Waals surface area contributed by atoms with Crippen LogP contribution in [-0.2, 0) is 9.53 Å². The number of aromatic nitrogens is 2. The van der Waals surface area contributed by atoms with Gasteiger partial charge >= 0.3 is 5.97 Å². The number of hydrogen-bond acceptors (Lipinski definition) is 5. The zero-order valence-electron chi connectivity index (χ0n) is 18.5. The summed E-state index contributed by atoms with van der Waals surface area (Å²) < 4.78 is 13.6. The summed E-state index contributed by atoms with van der Waals surface area (Å²) in [5.41, 5.74) is 4.10. The van der Waals surface area contributed by atoms with Gasteiger partial charge in [0.1, 0.15) is 5.75 Å². The van der Waals surface area contributed by atoms with E-state index in [4.69, 9.17) is 14.5 Å². The average molecular weight is 420 g/mol. The fourth-order valence-electron chi connectivity index (χ4n) is 3.93. The second kappa shape index (κ2) is 8.84. The molecule has 0 amide bonds. The molecule has 31 heavy (non-hydrogen) atoms. The smallest absolute Gasteiger partial charge is 0.338 e. The third-order valence-electron chi connectivity index (χ3n) is 5.33. The molecule has 2 heterocycles. The van der Waals surface area contributed by atoms with Crippen LogP contribution in [0.15, 0.2) is 59.8 Å². The van der Waals surface area contributed by atoms with E-state index in [2.05, 4.69) is 16.8 Å². The Labute approximate surface area is 182 Å². The first-order chi connectivity index (χ1) is 15.0. The zero-order valence-corrected chi connectivity index (χ0v) is 18.5. The average Bonchev–Trinajstić information content (AvgIpc) is 3.10. The number of fused-ring (bicyclic) bond motifs is 3. The molecule has 4 rings (SSSR count). The summed E-state index contributed by atoms with van der Waals surface area (Å²) in [7, 11) is 0. The molecule has 1 aromatic heterocycles. The minimum Gasteiger partial charge on any atom is -0.494 e. The van der Waals surface area contributed by atoms with E-state index in [1.165, 1.54) is 0 Å². The van der Waals surface area contributed by atoms with E-state index < -0.39 is 0 Å². The van der Waals surface area contributed by atoms with Crippen molar-refractivity contribution in [1.29, 1.82) is 0 Å². The molecule has 0 unspecified atom stereocenters. The summed E-state index contributed by atoms with van der Waals surface area (Å²) in [4.78, 5) is 17.9. The second-order valence-corrected chi connectivity index (χ2v) is 8.09. The molecule has 1 aliphatic heterocycles. The number of esters is 1. The lowest BCUT2D eigenvalue weighted by molar-refractivity contribution is -0.143. The third-order valence-corrected chi connectivity index (χ3v) is 5.33. The lowest BCUT2D eigenvalue weighted by atomic mass is 9.95. The standard InChI is InChI=1S/C25H29N3O3/c1-5-6-14-30-19-11-9-10-18(15-19)23-22(24(29)31-16(2)3)17(4)26-25-27-20-12-7-8-13-21(20)28(23)25/h7-13,15-16,23H,5-6,14H2,1-4H3,(H,26,27)/t23-/m0/s1. The first-order valence-electron chi connectivity index (χ1n) is 10.9. The van der Waals surface area contributed by atoms with Gasteiger partial charge in [0.15, 0.2) is 0 Å². The molecule has 0 bridgehead atoms. The summed E-state index contributed by atoms with van der Waals surface area (Å²) in [6.45, 7) is 8.43. The first kappa shape index (κ1) is 21.0. The summed E-state index contributed by atoms with van der Waals surface area (Å²) in [6.07, 6.45) is 1.86. The Kier molecular flexibility index (Phi) is 5.98. The molecular weight excluding hydrogens is 390 g/mol. The second-order valence-electron chi connectivity index (χ2n) is 8.09. The number of imidazole rings is 1. The number of unbranched alkanes of at least 4 members (excludes halogenated alkanes) is 1. The number of para-hydroxylation sites is 2. The van der Waals surface area contributed by atoms with Crippen LogP contribution >= 0.6 is 0 Å². The van der Waals surface area contributed by atoms with Crippen molar-refractivity contribution in [3.8, 4) is 5.75 Å². The number of ether oxygens (including phenoxy) is 2. The number of allylic oxidation sites excluding steroid dienone is 1. The quantitative estimate of drug-likeness (QED) is 0.407. The van der Waals surface area contributed by atoms with Crippen molar-refractivity contribution in [2.45, 2.75) is 52.7 Å². The fraction of sp³-hybridized carbons (Fsp3) is 0.360. The minimum atomic E-state index is -0.371. The predicted octanol–water partition coefficient (Wildman–Crippen LogP) is 5.46. The van der Waals surface area contributed by atoms with Crippen LogP contribution in [0.1, 0.15) is 52.1 Å². The molecule has 0 saturated carbocycles. The molecule has 162 valence electrons. The number of benzene rings is 2. The van der Waals surface area contributed by atoms with Gasteiger partial charge < -0.3 is 14.8 Å². The van der Waals surface area contributed by atoms with Gasteiger partial charge in [-0.25, -0.2) is 9.78 Å². The molecule has 0 saturated heterocycles. The lowest BCUT2D eigenvalue weighted by Crippen LogP contribution is -2.30. The Balaban J connectivity index is 1.85. The van der Waals surface area contributed by atoms with Crippen LogP contribution < -0.4 is 10.1 Å². The SMILES string of the molecule is CCCCOc1cccc([C@H]2C(C(=O)OC(C)C)=C(C)Nc3nc4ccccc4n32)c1. The summed E-state index contributed by atoms with van der Waals surface area (Å²) in [5.74, 6) is 1.18. The molecule has 6 nitrogen and oxygen atoms in total. The maximum atomic E-state index is 13.2. The number of carbonyl (C=O) groups is 1. The van der Waals surface area contributed by atoms with Gasteiger partial charge in [0.25, 0.3) is 0 Å². The van der Waals surface area contributed by atoms with Gasteiger partial charge in [-0.05, 0) is 57.0 Å². The highest BCUT2D eigenvalue weighted by molar-refractivity contribution is 5.94. The number of hydrogen-bond donors (Lipinski definition) is 1. The van der Waals surface area contributed by atoms with Gasteiger partial charge in [-0.2, -0.15) is 0 Å². The Hall–Kier alpha value is -3.28. The van der Waals surface area contributed by atoms with Gasteiger partial charge in [0, 0.05) is 5.70 Å². The summed E-state index contributed by atoms with van der Waals surface area (Å²) in [5, 5.41) is 3.31. The van der Waals surface area contributed by atoms with E-state index in [0.717, 1.165) is 40.9 Å². The van der Waals surface area contributed by atoms with E-state index >= 15 is 0 Å². The van der Waals surface area contributed by atoms with Crippen LogP contribution in [0.3, 0.4) is 0 Å².